The topological polar surface area (TPSA) is 75.5 Å². The van der Waals surface area contributed by atoms with Crippen LogP contribution in [0.1, 0.15) is 17.0 Å². The Morgan fingerprint density at radius 3 is 2.45 bits per heavy atom. The third kappa shape index (κ3) is 2.62. The number of aryl methyl sites for hydroxylation is 1. The molecule has 0 atom stereocenters. The maximum Gasteiger partial charge on any atom is 0.290 e. The van der Waals surface area contributed by atoms with Crippen LogP contribution in [-0.4, -0.2) is 49.4 Å². The number of nitrogens with one attached hydrogen (secondary N) is 1. The van der Waals surface area contributed by atoms with Crippen LogP contribution in [0.3, 0.4) is 0 Å². The highest BCUT2D eigenvalue weighted by Gasteiger charge is 2.16. The molecule has 7 heteroatoms. The number of hydrogen-bond acceptors (Lipinski definition) is 5. The maximum absolute atomic E-state index is 4.52. The van der Waals surface area contributed by atoms with Gasteiger partial charge in [0.2, 0.25) is 0 Å². The van der Waals surface area contributed by atoms with E-state index in [9.17, 15) is 0 Å². The Morgan fingerprint density at radius 1 is 1.14 bits per heavy atom. The summed E-state index contributed by atoms with van der Waals surface area (Å²) in [5, 5.41) is 18.5. The lowest BCUT2D eigenvalue weighted by Gasteiger charge is -2.10. The van der Waals surface area contributed by atoms with E-state index < -0.39 is 0 Å². The molecule has 0 radical (unpaired) electrons. The number of H-pyrrole nitrogens is 1. The van der Waals surface area contributed by atoms with Gasteiger partial charge in [0.25, 0.3) is 5.95 Å². The van der Waals surface area contributed by atoms with Crippen LogP contribution >= 0.6 is 0 Å². The van der Waals surface area contributed by atoms with Gasteiger partial charge in [0, 0.05) is 12.1 Å². The van der Waals surface area contributed by atoms with E-state index >= 15 is 0 Å². The number of tetrazole rings is 1. The summed E-state index contributed by atoms with van der Waals surface area (Å²) in [6.07, 6.45) is 0. The molecular formula is C15H19N7. The zero-order chi connectivity index (χ0) is 15.7. The van der Waals surface area contributed by atoms with Gasteiger partial charge in [-0.25, -0.2) is 0 Å². The maximum atomic E-state index is 4.52. The predicted molar refractivity (Wildman–Crippen MR) is 83.6 cm³/mol. The number of aromatic amines is 1. The van der Waals surface area contributed by atoms with Crippen molar-refractivity contribution in [2.24, 2.45) is 0 Å². The van der Waals surface area contributed by atoms with Gasteiger partial charge in [-0.1, -0.05) is 29.4 Å². The van der Waals surface area contributed by atoms with Crippen LogP contribution in [0.5, 0.6) is 0 Å². The largest absolute Gasteiger partial charge is 0.305 e. The molecule has 0 amide bonds. The molecule has 0 saturated carbocycles. The zero-order valence-electron chi connectivity index (χ0n) is 13.2. The van der Waals surface area contributed by atoms with Crippen LogP contribution in [0.2, 0.25) is 0 Å². The summed E-state index contributed by atoms with van der Waals surface area (Å²) in [6, 6.07) is 8.58. The fraction of sp³-hybridized carbons (Fsp3) is 0.333. The molecule has 0 bridgehead atoms. The molecule has 2 heterocycles. The Labute approximate surface area is 129 Å². The minimum Gasteiger partial charge on any atom is -0.305 e. The highest BCUT2D eigenvalue weighted by Crippen LogP contribution is 2.28. The monoisotopic (exact) mass is 297 g/mol. The molecule has 0 saturated heterocycles. The van der Waals surface area contributed by atoms with E-state index in [1.807, 2.05) is 13.8 Å². The Morgan fingerprint density at radius 2 is 1.86 bits per heavy atom. The number of rotatable bonds is 4. The average Bonchev–Trinajstić information content (AvgIpc) is 3.08. The van der Waals surface area contributed by atoms with Gasteiger partial charge in [-0.2, -0.15) is 15.0 Å². The molecule has 3 aromatic rings. The second-order valence-electron chi connectivity index (χ2n) is 5.60. The van der Waals surface area contributed by atoms with Gasteiger partial charge in [0.1, 0.15) is 0 Å². The van der Waals surface area contributed by atoms with Crippen LogP contribution in [0, 0.1) is 13.8 Å². The van der Waals surface area contributed by atoms with Gasteiger partial charge in [0.05, 0.1) is 11.4 Å². The summed E-state index contributed by atoms with van der Waals surface area (Å²) in [7, 11) is 4.13. The lowest BCUT2D eigenvalue weighted by molar-refractivity contribution is 0.402. The van der Waals surface area contributed by atoms with Crippen molar-refractivity contribution in [3.05, 3.63) is 41.2 Å². The number of benzene rings is 1. The molecule has 0 aliphatic rings. The van der Waals surface area contributed by atoms with Crippen LogP contribution < -0.4 is 0 Å². The van der Waals surface area contributed by atoms with Gasteiger partial charge in [-0.05, 0) is 44.3 Å². The highest BCUT2D eigenvalue weighted by molar-refractivity contribution is 5.69. The van der Waals surface area contributed by atoms with Crippen molar-refractivity contribution in [1.29, 1.82) is 0 Å². The molecule has 0 aliphatic heterocycles. The lowest BCUT2D eigenvalue weighted by Crippen LogP contribution is -2.10. The number of aromatic nitrogens is 6. The summed E-state index contributed by atoms with van der Waals surface area (Å²) in [5.41, 5.74) is 5.49. The van der Waals surface area contributed by atoms with E-state index in [2.05, 4.69) is 69.0 Å². The summed E-state index contributed by atoms with van der Waals surface area (Å²) in [5.74, 6) is 0.455. The second kappa shape index (κ2) is 5.69. The second-order valence-corrected chi connectivity index (χ2v) is 5.60. The standard InChI is InChI=1S/C15H19N7/c1-10-14(11(2)22(18-10)15-16-19-20-17-15)13-7-5-12(6-8-13)9-21(3)4/h5-8H,9H2,1-4H3,(H,16,17,19,20). The van der Waals surface area contributed by atoms with E-state index in [-0.39, 0.29) is 0 Å². The Kier molecular flexibility index (Phi) is 3.72. The third-order valence-corrected chi connectivity index (χ3v) is 3.56. The Balaban J connectivity index is 1.98. The van der Waals surface area contributed by atoms with Crippen molar-refractivity contribution < 1.29 is 0 Å². The van der Waals surface area contributed by atoms with E-state index in [1.165, 1.54) is 5.56 Å². The summed E-state index contributed by atoms with van der Waals surface area (Å²) in [4.78, 5) is 2.15. The van der Waals surface area contributed by atoms with Gasteiger partial charge in [0.15, 0.2) is 0 Å². The molecule has 3 rings (SSSR count). The van der Waals surface area contributed by atoms with Gasteiger partial charge >= 0.3 is 0 Å². The quantitative estimate of drug-likeness (QED) is 0.793. The molecule has 7 nitrogen and oxygen atoms in total. The van der Waals surface area contributed by atoms with E-state index in [1.54, 1.807) is 4.68 Å². The van der Waals surface area contributed by atoms with Crippen LogP contribution in [0.4, 0.5) is 0 Å². The molecule has 22 heavy (non-hydrogen) atoms. The van der Waals surface area contributed by atoms with Crippen molar-refractivity contribution in [3.8, 4) is 17.1 Å². The predicted octanol–water partition coefficient (Wildman–Crippen LogP) is 1.73. The molecule has 0 unspecified atom stereocenters. The van der Waals surface area contributed by atoms with E-state index in [4.69, 9.17) is 0 Å². The normalized spacial score (nSPS) is 11.3. The average molecular weight is 297 g/mol. The van der Waals surface area contributed by atoms with Crippen molar-refractivity contribution in [3.63, 3.8) is 0 Å². The van der Waals surface area contributed by atoms with Gasteiger partial charge < -0.3 is 4.90 Å². The van der Waals surface area contributed by atoms with Crippen LogP contribution in [0.25, 0.3) is 17.1 Å². The molecule has 1 N–H and O–H groups in total. The summed E-state index contributed by atoms with van der Waals surface area (Å²) in [6.45, 7) is 4.94. The fourth-order valence-electron chi connectivity index (χ4n) is 2.64. The Hall–Kier alpha value is -2.54. The molecule has 0 aliphatic carbocycles. The van der Waals surface area contributed by atoms with Gasteiger partial charge in [-0.15, -0.1) is 5.10 Å². The fourth-order valence-corrected chi connectivity index (χ4v) is 2.64. The minimum absolute atomic E-state index is 0.455. The lowest BCUT2D eigenvalue weighted by atomic mass is 10.0. The first-order chi connectivity index (χ1) is 10.6. The zero-order valence-corrected chi connectivity index (χ0v) is 13.2. The molecule has 1 aromatic carbocycles. The molecular weight excluding hydrogens is 278 g/mol. The van der Waals surface area contributed by atoms with Crippen molar-refractivity contribution in [1.82, 2.24) is 35.3 Å². The van der Waals surface area contributed by atoms with E-state index in [0.29, 0.717) is 5.95 Å². The van der Waals surface area contributed by atoms with Gasteiger partial charge in [-0.3, -0.25) is 0 Å². The molecule has 114 valence electrons. The summed E-state index contributed by atoms with van der Waals surface area (Å²) >= 11 is 0. The highest BCUT2D eigenvalue weighted by atomic mass is 15.5. The summed E-state index contributed by atoms with van der Waals surface area (Å²) < 4.78 is 1.71. The first kappa shape index (κ1) is 14.4. The third-order valence-electron chi connectivity index (χ3n) is 3.56. The number of nitrogens with zero attached hydrogens (tertiary/aromatic N) is 6. The Bertz CT molecular complexity index is 754. The minimum atomic E-state index is 0.455. The van der Waals surface area contributed by atoms with Crippen molar-refractivity contribution in [2.75, 3.05) is 14.1 Å². The first-order valence-electron chi connectivity index (χ1n) is 7.10. The SMILES string of the molecule is Cc1nn(-c2nn[nH]n2)c(C)c1-c1ccc(CN(C)C)cc1. The smallest absolute Gasteiger partial charge is 0.290 e. The van der Waals surface area contributed by atoms with Crippen LogP contribution in [0.15, 0.2) is 24.3 Å². The molecule has 2 aromatic heterocycles. The van der Waals surface area contributed by atoms with Crippen molar-refractivity contribution in [2.45, 2.75) is 20.4 Å². The number of hydrogen-bond donors (Lipinski definition) is 1. The first-order valence-corrected chi connectivity index (χ1v) is 7.10. The van der Waals surface area contributed by atoms with Crippen molar-refractivity contribution >= 4 is 0 Å². The molecule has 0 spiro atoms. The molecule has 0 fully saturated rings. The van der Waals surface area contributed by atoms with E-state index in [0.717, 1.165) is 29.1 Å². The van der Waals surface area contributed by atoms with Crippen LogP contribution in [-0.2, 0) is 6.54 Å².